The fourth-order valence-electron chi connectivity index (χ4n) is 2.08. The highest BCUT2D eigenvalue weighted by atomic mass is 35.5. The van der Waals surface area contributed by atoms with Crippen LogP contribution in [0.25, 0.3) is 0 Å². The summed E-state index contributed by atoms with van der Waals surface area (Å²) in [5.41, 5.74) is 8.01. The van der Waals surface area contributed by atoms with Gasteiger partial charge in [-0.2, -0.15) is 0 Å². The van der Waals surface area contributed by atoms with E-state index in [1.165, 1.54) is 0 Å². The Morgan fingerprint density at radius 2 is 1.76 bits per heavy atom. The van der Waals surface area contributed by atoms with Crippen LogP contribution in [0.3, 0.4) is 0 Å². The molecule has 0 saturated carbocycles. The van der Waals surface area contributed by atoms with Crippen molar-refractivity contribution in [2.45, 2.75) is 13.3 Å². The third-order valence-corrected chi connectivity index (χ3v) is 3.90. The maximum atomic E-state index is 12.4. The first-order valence-corrected chi connectivity index (χ1v) is 7.36. The van der Waals surface area contributed by atoms with Crippen LogP contribution in [-0.4, -0.2) is 12.5 Å². The molecule has 0 aliphatic carbocycles. The molecule has 2 N–H and O–H groups in total. The molecule has 0 saturated heterocycles. The van der Waals surface area contributed by atoms with Crippen molar-refractivity contribution in [2.75, 3.05) is 17.2 Å². The molecule has 0 aromatic heterocycles. The fourth-order valence-corrected chi connectivity index (χ4v) is 2.40. The van der Waals surface area contributed by atoms with Gasteiger partial charge in [-0.25, -0.2) is 0 Å². The van der Waals surface area contributed by atoms with Gasteiger partial charge in [0.05, 0.1) is 16.5 Å². The standard InChI is InChI=1S/C16H16Cl2N2O/c1-2-20(13-6-4-12(19)5-7-13)16(21)10-11-3-8-14(17)15(18)9-11/h3-9H,2,10,19H2,1H3. The number of likely N-dealkylation sites (N-methyl/N-ethyl adjacent to an activating group) is 1. The molecule has 0 aliphatic rings. The van der Waals surface area contributed by atoms with Gasteiger partial charge in [-0.05, 0) is 48.9 Å². The van der Waals surface area contributed by atoms with Crippen molar-refractivity contribution >= 4 is 40.5 Å². The van der Waals surface area contributed by atoms with Gasteiger partial charge in [-0.1, -0.05) is 29.3 Å². The first-order valence-electron chi connectivity index (χ1n) is 6.61. The molecule has 3 nitrogen and oxygen atoms in total. The molecular formula is C16H16Cl2N2O. The Morgan fingerprint density at radius 3 is 2.33 bits per heavy atom. The molecule has 0 heterocycles. The number of rotatable bonds is 4. The van der Waals surface area contributed by atoms with Crippen LogP contribution in [0.2, 0.25) is 10.0 Å². The molecule has 2 rings (SSSR count). The number of carbonyl (C=O) groups is 1. The Labute approximate surface area is 134 Å². The minimum Gasteiger partial charge on any atom is -0.399 e. The van der Waals surface area contributed by atoms with E-state index in [-0.39, 0.29) is 12.3 Å². The van der Waals surface area contributed by atoms with Crippen LogP contribution in [-0.2, 0) is 11.2 Å². The number of anilines is 2. The summed E-state index contributed by atoms with van der Waals surface area (Å²) in [5, 5.41) is 0.941. The summed E-state index contributed by atoms with van der Waals surface area (Å²) in [4.78, 5) is 14.2. The van der Waals surface area contributed by atoms with Crippen molar-refractivity contribution in [1.82, 2.24) is 0 Å². The van der Waals surface area contributed by atoms with Crippen LogP contribution < -0.4 is 10.6 Å². The van der Waals surface area contributed by atoms with Gasteiger partial charge in [0, 0.05) is 17.9 Å². The number of hydrogen-bond donors (Lipinski definition) is 1. The molecule has 0 spiro atoms. The Hall–Kier alpha value is -1.71. The highest BCUT2D eigenvalue weighted by molar-refractivity contribution is 6.42. The van der Waals surface area contributed by atoms with Gasteiger partial charge in [0.2, 0.25) is 5.91 Å². The summed E-state index contributed by atoms with van der Waals surface area (Å²) in [5.74, 6) is 0.000612. The lowest BCUT2D eigenvalue weighted by atomic mass is 10.1. The smallest absolute Gasteiger partial charge is 0.231 e. The first kappa shape index (κ1) is 15.7. The number of nitrogens with two attached hydrogens (primary N) is 1. The Bertz CT molecular complexity index is 641. The number of nitrogens with zero attached hydrogens (tertiary/aromatic N) is 1. The van der Waals surface area contributed by atoms with E-state index in [9.17, 15) is 4.79 Å². The summed E-state index contributed by atoms with van der Waals surface area (Å²) in [7, 11) is 0. The lowest BCUT2D eigenvalue weighted by molar-refractivity contribution is -0.117. The van der Waals surface area contributed by atoms with Gasteiger partial charge in [0.15, 0.2) is 0 Å². The lowest BCUT2D eigenvalue weighted by Gasteiger charge is -2.21. The monoisotopic (exact) mass is 322 g/mol. The van der Waals surface area contributed by atoms with E-state index in [2.05, 4.69) is 0 Å². The maximum Gasteiger partial charge on any atom is 0.231 e. The second-order valence-corrected chi connectivity index (χ2v) is 5.47. The molecule has 0 fully saturated rings. The van der Waals surface area contributed by atoms with Crippen LogP contribution in [0.15, 0.2) is 42.5 Å². The number of amides is 1. The summed E-state index contributed by atoms with van der Waals surface area (Å²) in [6.07, 6.45) is 0.273. The third kappa shape index (κ3) is 3.90. The minimum absolute atomic E-state index is 0.000612. The zero-order valence-electron chi connectivity index (χ0n) is 11.6. The van der Waals surface area contributed by atoms with Crippen LogP contribution in [0.5, 0.6) is 0 Å². The molecule has 1 amide bonds. The molecule has 5 heteroatoms. The molecular weight excluding hydrogens is 307 g/mol. The first-order chi connectivity index (χ1) is 10.0. The Morgan fingerprint density at radius 1 is 1.10 bits per heavy atom. The molecule has 0 atom stereocenters. The largest absolute Gasteiger partial charge is 0.399 e. The van der Waals surface area contributed by atoms with E-state index in [0.29, 0.717) is 22.3 Å². The van der Waals surface area contributed by atoms with Gasteiger partial charge in [0.1, 0.15) is 0 Å². The summed E-state index contributed by atoms with van der Waals surface area (Å²) < 4.78 is 0. The van der Waals surface area contributed by atoms with Crippen molar-refractivity contribution in [3.8, 4) is 0 Å². The van der Waals surface area contributed by atoms with Gasteiger partial charge in [-0.15, -0.1) is 0 Å². The van der Waals surface area contributed by atoms with Crippen LogP contribution >= 0.6 is 23.2 Å². The third-order valence-electron chi connectivity index (χ3n) is 3.16. The molecule has 0 bridgehead atoms. The molecule has 2 aromatic rings. The Balaban J connectivity index is 2.16. The van der Waals surface area contributed by atoms with Gasteiger partial charge < -0.3 is 10.6 Å². The van der Waals surface area contributed by atoms with Crippen molar-refractivity contribution in [3.63, 3.8) is 0 Å². The van der Waals surface area contributed by atoms with Crippen LogP contribution in [0, 0.1) is 0 Å². The van der Waals surface area contributed by atoms with Gasteiger partial charge in [-0.3, -0.25) is 4.79 Å². The second kappa shape index (κ2) is 6.83. The highest BCUT2D eigenvalue weighted by Gasteiger charge is 2.14. The van der Waals surface area contributed by atoms with Crippen molar-refractivity contribution in [3.05, 3.63) is 58.1 Å². The molecule has 0 radical (unpaired) electrons. The maximum absolute atomic E-state index is 12.4. The summed E-state index contributed by atoms with van der Waals surface area (Å²) in [6, 6.07) is 12.5. The molecule has 0 unspecified atom stereocenters. The van der Waals surface area contributed by atoms with Crippen LogP contribution in [0.1, 0.15) is 12.5 Å². The second-order valence-electron chi connectivity index (χ2n) is 4.65. The van der Waals surface area contributed by atoms with Crippen molar-refractivity contribution in [1.29, 1.82) is 0 Å². The zero-order chi connectivity index (χ0) is 15.4. The quantitative estimate of drug-likeness (QED) is 0.858. The van der Waals surface area contributed by atoms with E-state index >= 15 is 0 Å². The SMILES string of the molecule is CCN(C(=O)Cc1ccc(Cl)c(Cl)c1)c1ccc(N)cc1. The van der Waals surface area contributed by atoms with E-state index in [1.54, 1.807) is 29.2 Å². The van der Waals surface area contributed by atoms with Crippen LogP contribution in [0.4, 0.5) is 11.4 Å². The zero-order valence-corrected chi connectivity index (χ0v) is 13.2. The summed E-state index contributed by atoms with van der Waals surface area (Å²) >= 11 is 11.9. The van der Waals surface area contributed by atoms with E-state index in [1.807, 2.05) is 25.1 Å². The Kier molecular flexibility index (Phi) is 5.10. The number of benzene rings is 2. The minimum atomic E-state index is 0.000612. The average molecular weight is 323 g/mol. The topological polar surface area (TPSA) is 46.3 Å². The van der Waals surface area contributed by atoms with Gasteiger partial charge >= 0.3 is 0 Å². The van der Waals surface area contributed by atoms with Crippen molar-refractivity contribution < 1.29 is 4.79 Å². The fraction of sp³-hybridized carbons (Fsp3) is 0.188. The number of nitrogen functional groups attached to an aromatic ring is 1. The van der Waals surface area contributed by atoms with E-state index in [4.69, 9.17) is 28.9 Å². The van der Waals surface area contributed by atoms with Crippen molar-refractivity contribution in [2.24, 2.45) is 0 Å². The van der Waals surface area contributed by atoms with E-state index in [0.717, 1.165) is 11.3 Å². The predicted octanol–water partition coefficient (Wildman–Crippen LogP) is 4.17. The molecule has 0 aliphatic heterocycles. The number of carbonyl (C=O) groups excluding carboxylic acids is 1. The average Bonchev–Trinajstić information content (AvgIpc) is 2.46. The summed E-state index contributed by atoms with van der Waals surface area (Å²) in [6.45, 7) is 2.52. The molecule has 2 aromatic carbocycles. The molecule has 21 heavy (non-hydrogen) atoms. The van der Waals surface area contributed by atoms with E-state index < -0.39 is 0 Å². The highest BCUT2D eigenvalue weighted by Crippen LogP contribution is 2.24. The molecule has 110 valence electrons. The normalized spacial score (nSPS) is 10.4. The van der Waals surface area contributed by atoms with Gasteiger partial charge in [0.25, 0.3) is 0 Å². The number of halogens is 2. The number of hydrogen-bond acceptors (Lipinski definition) is 2. The predicted molar refractivity (Wildman–Crippen MR) is 89.0 cm³/mol. The lowest BCUT2D eigenvalue weighted by Crippen LogP contribution is -2.31.